The van der Waals surface area contributed by atoms with Crippen molar-refractivity contribution in [3.05, 3.63) is 40.7 Å². The highest BCUT2D eigenvalue weighted by Gasteiger charge is 2.24. The van der Waals surface area contributed by atoms with Crippen LogP contribution in [0.3, 0.4) is 0 Å². The average molecular weight is 375 g/mol. The molecule has 1 fully saturated rings. The number of nitrogens with zero attached hydrogens (tertiary/aromatic N) is 2. The second kappa shape index (κ2) is 9.00. The average Bonchev–Trinajstić information content (AvgIpc) is 3.29. The minimum atomic E-state index is -0.171. The molecule has 3 rings (SSSR count). The van der Waals surface area contributed by atoms with Crippen LogP contribution in [0, 0.1) is 0 Å². The van der Waals surface area contributed by atoms with Crippen molar-refractivity contribution in [2.24, 2.45) is 0 Å². The number of anilines is 1. The Morgan fingerprint density at radius 3 is 3.04 bits per heavy atom. The van der Waals surface area contributed by atoms with Gasteiger partial charge in [0.05, 0.1) is 18.8 Å². The Balaban J connectivity index is 1.72. The molecule has 26 heavy (non-hydrogen) atoms. The molecule has 1 atom stereocenters. The number of carbonyl (C=O) groups is 1. The number of hydrogen-bond donors (Lipinski definition) is 1. The van der Waals surface area contributed by atoms with Gasteiger partial charge >= 0.3 is 6.03 Å². The topological polar surface area (TPSA) is 63.7 Å². The van der Waals surface area contributed by atoms with Crippen LogP contribution in [-0.4, -0.2) is 41.3 Å². The predicted molar refractivity (Wildman–Crippen MR) is 103 cm³/mol. The van der Waals surface area contributed by atoms with E-state index in [9.17, 15) is 4.79 Å². The minimum absolute atomic E-state index is 0.0188. The first kappa shape index (κ1) is 18.7. The number of aromatic nitrogens is 1. The molecular formula is C19H25N3O3S. The van der Waals surface area contributed by atoms with Gasteiger partial charge in [0.2, 0.25) is 5.88 Å². The molecule has 1 saturated heterocycles. The SMILES string of the molecule is CC(C)Oc1ncccc1NC(=O)N(Cc1cccs1)CC1CCCO1. The van der Waals surface area contributed by atoms with Crippen molar-refractivity contribution in [1.82, 2.24) is 9.88 Å². The van der Waals surface area contributed by atoms with E-state index in [1.165, 1.54) is 0 Å². The molecule has 1 aliphatic rings. The highest BCUT2D eigenvalue weighted by molar-refractivity contribution is 7.09. The normalized spacial score (nSPS) is 16.7. The van der Waals surface area contributed by atoms with Gasteiger partial charge in [-0.1, -0.05) is 6.07 Å². The molecule has 2 amide bonds. The Kier molecular flexibility index (Phi) is 6.46. The quantitative estimate of drug-likeness (QED) is 0.790. The van der Waals surface area contributed by atoms with Gasteiger partial charge in [-0.15, -0.1) is 11.3 Å². The van der Waals surface area contributed by atoms with Crippen molar-refractivity contribution in [3.63, 3.8) is 0 Å². The number of rotatable bonds is 7. The summed E-state index contributed by atoms with van der Waals surface area (Å²) in [7, 11) is 0. The number of thiophene rings is 1. The molecule has 0 aliphatic carbocycles. The molecule has 2 aromatic heterocycles. The number of hydrogen-bond acceptors (Lipinski definition) is 5. The molecule has 0 spiro atoms. The molecular weight excluding hydrogens is 350 g/mol. The summed E-state index contributed by atoms with van der Waals surface area (Å²) in [5.74, 6) is 0.434. The smallest absolute Gasteiger partial charge is 0.322 e. The lowest BCUT2D eigenvalue weighted by molar-refractivity contribution is 0.0821. The second-order valence-corrected chi connectivity index (χ2v) is 7.58. The van der Waals surface area contributed by atoms with E-state index >= 15 is 0 Å². The maximum absolute atomic E-state index is 12.9. The molecule has 7 heteroatoms. The van der Waals surface area contributed by atoms with Crippen LogP contribution in [0.4, 0.5) is 10.5 Å². The van der Waals surface area contributed by atoms with Crippen LogP contribution >= 0.6 is 11.3 Å². The van der Waals surface area contributed by atoms with E-state index in [4.69, 9.17) is 9.47 Å². The number of amides is 2. The maximum atomic E-state index is 12.9. The molecule has 6 nitrogen and oxygen atoms in total. The van der Waals surface area contributed by atoms with E-state index in [-0.39, 0.29) is 18.2 Å². The van der Waals surface area contributed by atoms with E-state index in [0.717, 1.165) is 24.3 Å². The van der Waals surface area contributed by atoms with Crippen molar-refractivity contribution < 1.29 is 14.3 Å². The fraction of sp³-hybridized carbons (Fsp3) is 0.474. The molecule has 1 aliphatic heterocycles. The zero-order chi connectivity index (χ0) is 18.4. The molecule has 140 valence electrons. The second-order valence-electron chi connectivity index (χ2n) is 6.55. The van der Waals surface area contributed by atoms with Crippen LogP contribution in [0.5, 0.6) is 5.88 Å². The van der Waals surface area contributed by atoms with Gasteiger partial charge < -0.3 is 19.7 Å². The molecule has 0 saturated carbocycles. The lowest BCUT2D eigenvalue weighted by atomic mass is 10.2. The number of nitrogens with one attached hydrogen (secondary N) is 1. The van der Waals surface area contributed by atoms with E-state index in [2.05, 4.69) is 10.3 Å². The zero-order valence-electron chi connectivity index (χ0n) is 15.2. The summed E-state index contributed by atoms with van der Waals surface area (Å²) in [5.41, 5.74) is 0.578. The summed E-state index contributed by atoms with van der Waals surface area (Å²) in [6, 6.07) is 7.45. The summed E-state index contributed by atoms with van der Waals surface area (Å²) < 4.78 is 11.4. The Hall–Kier alpha value is -2.12. The largest absolute Gasteiger partial charge is 0.473 e. The number of pyridine rings is 1. The third-order valence-corrected chi connectivity index (χ3v) is 4.88. The third kappa shape index (κ3) is 5.19. The van der Waals surface area contributed by atoms with E-state index in [1.807, 2.05) is 31.4 Å². The number of ether oxygens (including phenoxy) is 2. The van der Waals surface area contributed by atoms with Crippen LogP contribution in [-0.2, 0) is 11.3 Å². The van der Waals surface area contributed by atoms with Crippen LogP contribution in [0.15, 0.2) is 35.8 Å². The molecule has 0 radical (unpaired) electrons. The summed E-state index contributed by atoms with van der Waals surface area (Å²) in [4.78, 5) is 20.1. The van der Waals surface area contributed by atoms with E-state index < -0.39 is 0 Å². The van der Waals surface area contributed by atoms with Crippen LogP contribution in [0.25, 0.3) is 0 Å². The number of carbonyl (C=O) groups excluding carboxylic acids is 1. The van der Waals surface area contributed by atoms with Crippen LogP contribution in [0.1, 0.15) is 31.6 Å². The van der Waals surface area contributed by atoms with Gasteiger partial charge in [0.1, 0.15) is 5.69 Å². The molecule has 1 N–H and O–H groups in total. The van der Waals surface area contributed by atoms with Gasteiger partial charge in [0, 0.05) is 24.2 Å². The Bertz CT molecular complexity index is 700. The summed E-state index contributed by atoms with van der Waals surface area (Å²) in [6.45, 7) is 5.77. The Morgan fingerprint density at radius 2 is 2.35 bits per heavy atom. The van der Waals surface area contributed by atoms with Crippen molar-refractivity contribution in [3.8, 4) is 5.88 Å². The molecule has 3 heterocycles. The van der Waals surface area contributed by atoms with Crippen molar-refractivity contribution >= 4 is 23.1 Å². The first-order chi connectivity index (χ1) is 12.6. The van der Waals surface area contributed by atoms with Crippen LogP contribution < -0.4 is 10.1 Å². The lowest BCUT2D eigenvalue weighted by Gasteiger charge is -2.25. The molecule has 1 unspecified atom stereocenters. The van der Waals surface area contributed by atoms with E-state index in [0.29, 0.717) is 24.7 Å². The van der Waals surface area contributed by atoms with Crippen molar-refractivity contribution in [1.29, 1.82) is 0 Å². The van der Waals surface area contributed by atoms with Gasteiger partial charge in [-0.25, -0.2) is 9.78 Å². The van der Waals surface area contributed by atoms with Gasteiger partial charge in [-0.05, 0) is 50.3 Å². The number of urea groups is 1. The van der Waals surface area contributed by atoms with Crippen LogP contribution in [0.2, 0.25) is 0 Å². The molecule has 0 bridgehead atoms. The summed E-state index contributed by atoms with van der Waals surface area (Å²) >= 11 is 1.64. The minimum Gasteiger partial charge on any atom is -0.473 e. The predicted octanol–water partition coefficient (Wildman–Crippen LogP) is 4.14. The van der Waals surface area contributed by atoms with Gasteiger partial charge in [0.15, 0.2) is 0 Å². The molecule has 2 aromatic rings. The maximum Gasteiger partial charge on any atom is 0.322 e. The Labute approximate surface area is 158 Å². The van der Waals surface area contributed by atoms with Crippen molar-refractivity contribution in [2.45, 2.75) is 45.4 Å². The fourth-order valence-corrected chi connectivity index (χ4v) is 3.56. The zero-order valence-corrected chi connectivity index (χ0v) is 16.0. The van der Waals surface area contributed by atoms with Crippen molar-refractivity contribution in [2.75, 3.05) is 18.5 Å². The monoisotopic (exact) mass is 375 g/mol. The first-order valence-electron chi connectivity index (χ1n) is 8.93. The fourth-order valence-electron chi connectivity index (χ4n) is 2.84. The van der Waals surface area contributed by atoms with Gasteiger partial charge in [-0.3, -0.25) is 0 Å². The Morgan fingerprint density at radius 1 is 1.46 bits per heavy atom. The van der Waals surface area contributed by atoms with E-state index in [1.54, 1.807) is 34.6 Å². The summed E-state index contributed by atoms with van der Waals surface area (Å²) in [5, 5.41) is 4.97. The third-order valence-electron chi connectivity index (χ3n) is 4.02. The molecule has 0 aromatic carbocycles. The lowest BCUT2D eigenvalue weighted by Crippen LogP contribution is -2.39. The first-order valence-corrected chi connectivity index (χ1v) is 9.81. The van der Waals surface area contributed by atoms with Gasteiger partial charge in [0.25, 0.3) is 0 Å². The van der Waals surface area contributed by atoms with Gasteiger partial charge in [-0.2, -0.15) is 0 Å². The summed E-state index contributed by atoms with van der Waals surface area (Å²) in [6.07, 6.45) is 3.77. The highest BCUT2D eigenvalue weighted by atomic mass is 32.1. The standard InChI is InChI=1S/C19H25N3O3S/c1-14(2)25-18-17(8-3-9-20-18)21-19(23)22(12-15-6-4-10-24-15)13-16-7-5-11-26-16/h3,5,7-9,11,14-15H,4,6,10,12-13H2,1-2H3,(H,21,23). The highest BCUT2D eigenvalue weighted by Crippen LogP contribution is 2.23.